The van der Waals surface area contributed by atoms with E-state index in [9.17, 15) is 35.9 Å². The minimum absolute atomic E-state index is 0.0329. The van der Waals surface area contributed by atoms with Gasteiger partial charge in [0.2, 0.25) is 0 Å². The van der Waals surface area contributed by atoms with Crippen molar-refractivity contribution in [2.45, 2.75) is 52.1 Å². The number of fused-ring (bicyclic) bond motifs is 2. The van der Waals surface area contributed by atoms with E-state index in [0.717, 1.165) is 12.1 Å². The first-order valence-electron chi connectivity index (χ1n) is 19.6. The predicted molar refractivity (Wildman–Crippen MR) is 221 cm³/mol. The van der Waals surface area contributed by atoms with Gasteiger partial charge in [-0.15, -0.1) is 0 Å². The number of benzene rings is 2. The minimum Gasteiger partial charge on any atom is -0.377 e. The lowest BCUT2D eigenvalue weighted by atomic mass is 9.94. The van der Waals surface area contributed by atoms with Crippen LogP contribution in [0.4, 0.5) is 26.3 Å². The number of nitrogens with zero attached hydrogens (tertiary/aromatic N) is 4. The number of carbonyl (C=O) groups is 2. The SMILES string of the molecule is Cc1nc2ncccc2cc1C(=O)NCc1ccc(C2=CCOCC2)c(C(F)(F)F)c1.Cc1nc2ncccc2cc1C(=O)NCc1ccc(C2=CCOCC2)c(C(F)(F)F)c1. The van der Waals surface area contributed by atoms with Crippen LogP contribution in [0.3, 0.4) is 0 Å². The zero-order valence-corrected chi connectivity index (χ0v) is 33.6. The second-order valence-electron chi connectivity index (χ2n) is 14.6. The maximum Gasteiger partial charge on any atom is 0.417 e. The van der Waals surface area contributed by atoms with Gasteiger partial charge >= 0.3 is 12.4 Å². The summed E-state index contributed by atoms with van der Waals surface area (Å²) >= 11 is 0. The summed E-state index contributed by atoms with van der Waals surface area (Å²) in [7, 11) is 0. The molecule has 6 aromatic rings. The lowest BCUT2D eigenvalue weighted by molar-refractivity contribution is -0.138. The Labute approximate surface area is 352 Å². The summed E-state index contributed by atoms with van der Waals surface area (Å²) in [5.41, 5.74) is 3.68. The van der Waals surface area contributed by atoms with Crippen molar-refractivity contribution in [1.82, 2.24) is 30.6 Å². The highest BCUT2D eigenvalue weighted by atomic mass is 19.4. The largest absolute Gasteiger partial charge is 0.417 e. The normalized spacial score (nSPS) is 14.4. The molecule has 0 radical (unpaired) electrons. The summed E-state index contributed by atoms with van der Waals surface area (Å²) in [6.07, 6.45) is -1.54. The molecular formula is C46H40F6N6O4. The Kier molecular flexibility index (Phi) is 13.1. The van der Waals surface area contributed by atoms with Crippen molar-refractivity contribution in [3.05, 3.63) is 153 Å². The second-order valence-corrected chi connectivity index (χ2v) is 14.6. The second kappa shape index (κ2) is 18.6. The Morgan fingerprint density at radius 1 is 0.613 bits per heavy atom. The third-order valence-electron chi connectivity index (χ3n) is 10.4. The smallest absolute Gasteiger partial charge is 0.377 e. The molecule has 320 valence electrons. The Balaban J connectivity index is 0.000000186. The standard InChI is InChI=1S/2C23H20F3N3O2/c2*1-14-19(12-17-3-2-8-27-21(17)29-14)22(30)28-13-15-4-5-18(16-6-9-31-10-7-16)20(11-15)23(24,25)26/h2*2-6,8,11-12H,7,9-10,13H2,1H3,(H,28,30). The molecule has 10 nitrogen and oxygen atoms in total. The number of carbonyl (C=O) groups excluding carboxylic acids is 2. The fraction of sp³-hybridized carbons (Fsp3) is 0.261. The monoisotopic (exact) mass is 854 g/mol. The van der Waals surface area contributed by atoms with Gasteiger partial charge in [0, 0.05) is 36.3 Å². The van der Waals surface area contributed by atoms with E-state index >= 15 is 0 Å². The van der Waals surface area contributed by atoms with Crippen molar-refractivity contribution in [3.63, 3.8) is 0 Å². The summed E-state index contributed by atoms with van der Waals surface area (Å²) in [5, 5.41) is 6.82. The third kappa shape index (κ3) is 10.3. The first kappa shape index (κ1) is 43.6. The number of alkyl halides is 6. The van der Waals surface area contributed by atoms with Gasteiger partial charge in [-0.1, -0.05) is 36.4 Å². The maximum atomic E-state index is 13.7. The minimum atomic E-state index is -4.50. The molecule has 2 aliphatic rings. The number of pyridine rings is 4. The molecule has 2 N–H and O–H groups in total. The quantitative estimate of drug-likeness (QED) is 0.145. The summed E-state index contributed by atoms with van der Waals surface area (Å²) in [6.45, 7) is 4.73. The van der Waals surface area contributed by atoms with Crippen molar-refractivity contribution in [1.29, 1.82) is 0 Å². The Morgan fingerprint density at radius 2 is 1.03 bits per heavy atom. The maximum absolute atomic E-state index is 13.7. The summed E-state index contributed by atoms with van der Waals surface area (Å²) in [5.74, 6) is -0.805. The molecule has 2 amide bonds. The average Bonchev–Trinajstić information content (AvgIpc) is 3.27. The van der Waals surface area contributed by atoms with E-state index < -0.39 is 35.3 Å². The van der Waals surface area contributed by atoms with Crippen LogP contribution in [0.5, 0.6) is 0 Å². The molecule has 8 rings (SSSR count). The van der Waals surface area contributed by atoms with Crippen molar-refractivity contribution < 1.29 is 45.4 Å². The fourth-order valence-electron chi connectivity index (χ4n) is 7.18. The molecule has 6 heterocycles. The van der Waals surface area contributed by atoms with Gasteiger partial charge in [-0.05, 0) is 109 Å². The molecule has 2 aliphatic heterocycles. The first-order chi connectivity index (χ1) is 29.7. The van der Waals surface area contributed by atoms with E-state index in [1.807, 2.05) is 0 Å². The van der Waals surface area contributed by atoms with Crippen molar-refractivity contribution in [2.75, 3.05) is 26.4 Å². The number of rotatable bonds is 8. The zero-order valence-electron chi connectivity index (χ0n) is 33.6. The zero-order chi connectivity index (χ0) is 44.0. The van der Waals surface area contributed by atoms with Crippen LogP contribution in [0.1, 0.15) is 78.3 Å². The number of ether oxygens (including phenoxy) is 2. The Bertz CT molecular complexity index is 2530. The average molecular weight is 855 g/mol. The van der Waals surface area contributed by atoms with E-state index in [-0.39, 0.29) is 24.2 Å². The van der Waals surface area contributed by atoms with Crippen LogP contribution in [0.25, 0.3) is 33.2 Å². The molecule has 0 bridgehead atoms. The summed E-state index contributed by atoms with van der Waals surface area (Å²) in [4.78, 5) is 42.3. The molecule has 0 atom stereocenters. The van der Waals surface area contributed by atoms with Crippen LogP contribution in [0, 0.1) is 13.8 Å². The first-order valence-corrected chi connectivity index (χ1v) is 19.6. The van der Waals surface area contributed by atoms with Crippen molar-refractivity contribution in [3.8, 4) is 0 Å². The van der Waals surface area contributed by atoms with Gasteiger partial charge in [-0.3, -0.25) is 9.59 Å². The van der Waals surface area contributed by atoms with Gasteiger partial charge in [0.05, 0.1) is 60.1 Å². The summed E-state index contributed by atoms with van der Waals surface area (Å²) in [6, 6.07) is 18.8. The summed E-state index contributed by atoms with van der Waals surface area (Å²) < 4.78 is 92.5. The number of aromatic nitrogens is 4. The number of hydrogen-bond acceptors (Lipinski definition) is 8. The molecule has 0 spiro atoms. The van der Waals surface area contributed by atoms with Crippen LogP contribution in [-0.2, 0) is 34.9 Å². The molecule has 62 heavy (non-hydrogen) atoms. The molecule has 0 saturated heterocycles. The van der Waals surface area contributed by atoms with Gasteiger partial charge in [0.25, 0.3) is 11.8 Å². The van der Waals surface area contributed by atoms with E-state index in [1.54, 1.807) is 86.9 Å². The molecule has 0 unspecified atom stereocenters. The van der Waals surface area contributed by atoms with Crippen LogP contribution < -0.4 is 10.6 Å². The molecule has 2 aromatic carbocycles. The van der Waals surface area contributed by atoms with Crippen molar-refractivity contribution >= 4 is 45.0 Å². The lowest BCUT2D eigenvalue weighted by Crippen LogP contribution is -2.24. The molecule has 0 fully saturated rings. The Hall–Kier alpha value is -6.52. The number of amides is 2. The van der Waals surface area contributed by atoms with Crippen LogP contribution in [0.2, 0.25) is 0 Å². The number of halogens is 6. The lowest BCUT2D eigenvalue weighted by Gasteiger charge is -2.19. The van der Waals surface area contributed by atoms with Gasteiger partial charge in [-0.25, -0.2) is 19.9 Å². The molecule has 0 saturated carbocycles. The highest BCUT2D eigenvalue weighted by molar-refractivity contribution is 5.99. The van der Waals surface area contributed by atoms with E-state index in [1.165, 1.54) is 12.1 Å². The number of aryl methyl sites for hydroxylation is 2. The Morgan fingerprint density at radius 3 is 1.40 bits per heavy atom. The van der Waals surface area contributed by atoms with Crippen molar-refractivity contribution in [2.24, 2.45) is 0 Å². The van der Waals surface area contributed by atoms with Gasteiger partial charge in [-0.2, -0.15) is 26.3 Å². The van der Waals surface area contributed by atoms with E-state index in [2.05, 4.69) is 30.6 Å². The van der Waals surface area contributed by atoms with Gasteiger partial charge < -0.3 is 20.1 Å². The van der Waals surface area contributed by atoms with Gasteiger partial charge in [0.15, 0.2) is 11.3 Å². The van der Waals surface area contributed by atoms with E-state index in [4.69, 9.17) is 9.47 Å². The number of hydrogen-bond donors (Lipinski definition) is 2. The third-order valence-corrected chi connectivity index (χ3v) is 10.4. The van der Waals surface area contributed by atoms with Gasteiger partial charge in [0.1, 0.15) is 0 Å². The molecular weight excluding hydrogens is 815 g/mol. The van der Waals surface area contributed by atoms with Crippen LogP contribution in [0.15, 0.2) is 97.3 Å². The molecule has 16 heteroatoms. The van der Waals surface area contributed by atoms with Crippen LogP contribution in [-0.4, -0.2) is 58.2 Å². The van der Waals surface area contributed by atoms with E-state index in [0.29, 0.717) is 106 Å². The molecule has 4 aromatic heterocycles. The topological polar surface area (TPSA) is 128 Å². The predicted octanol–water partition coefficient (Wildman–Crippen LogP) is 9.38. The highest BCUT2D eigenvalue weighted by Gasteiger charge is 2.36. The molecule has 0 aliphatic carbocycles. The van der Waals surface area contributed by atoms with Crippen LogP contribution >= 0.6 is 0 Å². The number of nitrogens with one attached hydrogen (secondary N) is 2. The fourth-order valence-corrected chi connectivity index (χ4v) is 7.18. The highest BCUT2D eigenvalue weighted by Crippen LogP contribution is 2.38.